The van der Waals surface area contributed by atoms with Crippen LogP contribution in [-0.4, -0.2) is 39.9 Å². The number of hydrogen-bond donors (Lipinski definition) is 0. The van der Waals surface area contributed by atoms with Gasteiger partial charge in [-0.3, -0.25) is 4.98 Å². The summed E-state index contributed by atoms with van der Waals surface area (Å²) in [6.07, 6.45) is -7.81. The van der Waals surface area contributed by atoms with Gasteiger partial charge >= 0.3 is 18.5 Å². The van der Waals surface area contributed by atoms with Crippen molar-refractivity contribution in [2.24, 2.45) is 0 Å². The Bertz CT molecular complexity index is 769. The van der Waals surface area contributed by atoms with E-state index >= 15 is 0 Å². The van der Waals surface area contributed by atoms with E-state index in [0.29, 0.717) is 11.9 Å². The van der Waals surface area contributed by atoms with Crippen molar-refractivity contribution in [2.75, 3.05) is 12.4 Å². The molecule has 4 nitrogen and oxygen atoms in total. The molecule has 2 rings (SSSR count). The van der Waals surface area contributed by atoms with Gasteiger partial charge in [0.25, 0.3) is 0 Å². The number of thioether (sulfide) groups is 1. The third kappa shape index (κ3) is 5.44. The summed E-state index contributed by atoms with van der Waals surface area (Å²) in [5.41, 5.74) is -0.733. The van der Waals surface area contributed by atoms with Crippen LogP contribution in [0.25, 0.3) is 11.4 Å². The summed E-state index contributed by atoms with van der Waals surface area (Å²) in [6.45, 7) is 0.147. The summed E-state index contributed by atoms with van der Waals surface area (Å²) in [6, 6.07) is 3.24. The van der Waals surface area contributed by atoms with Crippen molar-refractivity contribution in [3.63, 3.8) is 0 Å². The lowest BCUT2D eigenvalue weighted by molar-refractivity contribution is -0.148. The topological polar surface area (TPSA) is 47.9 Å². The maximum atomic E-state index is 12.8. The minimum Gasteiger partial charge on any atom is -0.470 e. The molecule has 0 saturated heterocycles. The number of ether oxygens (including phenoxy) is 1. The molecule has 0 unspecified atom stereocenters. The van der Waals surface area contributed by atoms with E-state index in [2.05, 4.69) is 19.9 Å². The Morgan fingerprint density at radius 3 is 2.33 bits per heavy atom. The van der Waals surface area contributed by atoms with Gasteiger partial charge in [-0.15, -0.1) is 22.0 Å². The zero-order valence-corrected chi connectivity index (χ0v) is 14.4. The number of nitrogens with zero attached hydrogens (tertiary/aromatic N) is 3. The molecule has 27 heavy (non-hydrogen) atoms. The van der Waals surface area contributed by atoms with E-state index in [1.54, 1.807) is 6.92 Å². The largest absolute Gasteiger partial charge is 0.470 e. The van der Waals surface area contributed by atoms with Crippen LogP contribution < -0.4 is 4.74 Å². The first-order chi connectivity index (χ1) is 12.5. The van der Waals surface area contributed by atoms with Gasteiger partial charge in [0.1, 0.15) is 11.4 Å². The predicted molar refractivity (Wildman–Crippen MR) is 83.1 cm³/mol. The number of rotatable bonds is 7. The van der Waals surface area contributed by atoms with E-state index in [1.165, 1.54) is 6.07 Å². The fraction of sp³-hybridized carbons (Fsp3) is 0.400. The summed E-state index contributed by atoms with van der Waals surface area (Å²) in [7, 11) is 0. The van der Waals surface area contributed by atoms with Crippen LogP contribution in [0.3, 0.4) is 0 Å². The summed E-state index contributed by atoms with van der Waals surface area (Å²) in [4.78, 5) is 3.98. The van der Waals surface area contributed by atoms with Crippen LogP contribution >= 0.6 is 11.8 Å². The fourth-order valence-corrected chi connectivity index (χ4v) is 2.63. The van der Waals surface area contributed by atoms with Crippen LogP contribution in [0, 0.1) is 0 Å². The second kappa shape index (κ2) is 8.28. The highest BCUT2D eigenvalue weighted by Crippen LogP contribution is 2.35. The van der Waals surface area contributed by atoms with Crippen molar-refractivity contribution >= 4 is 11.8 Å². The molecule has 2 heterocycles. The normalized spacial score (nSPS) is 12.5. The van der Waals surface area contributed by atoms with Crippen LogP contribution in [0.5, 0.6) is 5.88 Å². The van der Waals surface area contributed by atoms with Crippen LogP contribution in [0.1, 0.15) is 12.5 Å². The van der Waals surface area contributed by atoms with E-state index in [-0.39, 0.29) is 16.3 Å². The molecular formula is C15H12F7N3OS. The summed E-state index contributed by atoms with van der Waals surface area (Å²) in [5, 5.41) is 7.13. The smallest absolute Gasteiger partial charge is 0.417 e. The van der Waals surface area contributed by atoms with Crippen molar-refractivity contribution in [3.05, 3.63) is 30.0 Å². The lowest BCUT2D eigenvalue weighted by atomic mass is 10.2. The molecule has 2 aromatic rings. The van der Waals surface area contributed by atoms with Crippen molar-refractivity contribution in [2.45, 2.75) is 30.3 Å². The van der Waals surface area contributed by atoms with Gasteiger partial charge in [-0.1, -0.05) is 6.92 Å². The third-order valence-electron chi connectivity index (χ3n) is 3.09. The van der Waals surface area contributed by atoms with Gasteiger partial charge in [-0.2, -0.15) is 22.0 Å². The second-order valence-electron chi connectivity index (χ2n) is 5.11. The van der Waals surface area contributed by atoms with E-state index in [4.69, 9.17) is 0 Å². The lowest BCUT2D eigenvalue weighted by Gasteiger charge is -2.15. The first-order valence-corrected chi connectivity index (χ1v) is 8.36. The molecular weight excluding hydrogens is 403 g/mol. The van der Waals surface area contributed by atoms with E-state index in [1.807, 2.05) is 0 Å². The molecule has 0 saturated carbocycles. The Morgan fingerprint density at radius 2 is 1.81 bits per heavy atom. The quantitative estimate of drug-likeness (QED) is 0.473. The molecule has 0 aliphatic rings. The number of hydrogen-bond acceptors (Lipinski definition) is 5. The number of aromatic nitrogens is 3. The Balaban J connectivity index is 2.23. The Hall–Kier alpha value is -2.11. The van der Waals surface area contributed by atoms with Crippen molar-refractivity contribution < 1.29 is 35.5 Å². The molecule has 0 aliphatic carbocycles. The standard InChI is InChI=1S/C15H12F7N3OS/c1-2-27-10-5-8(15(20,21)22)6-23-12(10)9-3-4-11(25-24-9)26-7-14(18,19)13(16)17/h3-6,13H,2,7H2,1H3. The van der Waals surface area contributed by atoms with E-state index in [9.17, 15) is 30.7 Å². The SMILES string of the molecule is CCSc1cc(C(F)(F)F)cnc1-c1ccc(OCC(F)(F)C(F)F)nn1. The monoisotopic (exact) mass is 415 g/mol. The maximum Gasteiger partial charge on any atom is 0.417 e. The second-order valence-corrected chi connectivity index (χ2v) is 6.41. The highest BCUT2D eigenvalue weighted by molar-refractivity contribution is 7.99. The minimum absolute atomic E-state index is 0.0765. The first kappa shape index (κ1) is 21.2. The first-order valence-electron chi connectivity index (χ1n) is 7.37. The molecule has 0 atom stereocenters. The van der Waals surface area contributed by atoms with Gasteiger partial charge < -0.3 is 4.74 Å². The average Bonchev–Trinajstić information content (AvgIpc) is 2.60. The van der Waals surface area contributed by atoms with Gasteiger partial charge in [-0.05, 0) is 17.9 Å². The molecule has 0 aromatic carbocycles. The van der Waals surface area contributed by atoms with Gasteiger partial charge in [0.15, 0.2) is 6.61 Å². The van der Waals surface area contributed by atoms with Gasteiger partial charge in [0, 0.05) is 17.2 Å². The molecule has 0 N–H and O–H groups in total. The van der Waals surface area contributed by atoms with Gasteiger partial charge in [0.05, 0.1) is 5.56 Å². The maximum absolute atomic E-state index is 12.8. The summed E-state index contributed by atoms with van der Waals surface area (Å²) in [5.74, 6) is -4.32. The third-order valence-corrected chi connectivity index (χ3v) is 4.01. The highest BCUT2D eigenvalue weighted by Gasteiger charge is 2.41. The molecule has 0 aliphatic heterocycles. The molecule has 2 aromatic heterocycles. The molecule has 0 bridgehead atoms. The number of halogens is 7. The molecule has 0 spiro atoms. The predicted octanol–water partition coefficient (Wildman–Crippen LogP) is 4.95. The zero-order valence-electron chi connectivity index (χ0n) is 13.6. The number of pyridine rings is 1. The summed E-state index contributed by atoms with van der Waals surface area (Å²) < 4.78 is 92.8. The van der Waals surface area contributed by atoms with E-state index < -0.39 is 36.6 Å². The Kier molecular flexibility index (Phi) is 6.50. The Morgan fingerprint density at radius 1 is 1.11 bits per heavy atom. The van der Waals surface area contributed by atoms with Crippen molar-refractivity contribution in [1.82, 2.24) is 15.2 Å². The fourth-order valence-electron chi connectivity index (χ4n) is 1.81. The molecule has 12 heteroatoms. The van der Waals surface area contributed by atoms with Crippen LogP contribution in [0.15, 0.2) is 29.3 Å². The average molecular weight is 415 g/mol. The van der Waals surface area contributed by atoms with Crippen LogP contribution in [0.2, 0.25) is 0 Å². The highest BCUT2D eigenvalue weighted by atomic mass is 32.2. The lowest BCUT2D eigenvalue weighted by Crippen LogP contribution is -2.33. The molecule has 0 radical (unpaired) electrons. The summed E-state index contributed by atoms with van der Waals surface area (Å²) >= 11 is 1.10. The van der Waals surface area contributed by atoms with Crippen molar-refractivity contribution in [1.29, 1.82) is 0 Å². The van der Waals surface area contributed by atoms with Gasteiger partial charge in [-0.25, -0.2) is 8.78 Å². The number of alkyl halides is 7. The zero-order chi connectivity index (χ0) is 20.2. The molecule has 0 fully saturated rings. The van der Waals surface area contributed by atoms with Crippen LogP contribution in [0.4, 0.5) is 30.7 Å². The van der Waals surface area contributed by atoms with E-state index in [0.717, 1.165) is 23.9 Å². The van der Waals surface area contributed by atoms with Crippen molar-refractivity contribution in [3.8, 4) is 17.3 Å². The van der Waals surface area contributed by atoms with Gasteiger partial charge in [0.2, 0.25) is 5.88 Å². The van der Waals surface area contributed by atoms with Crippen LogP contribution in [-0.2, 0) is 6.18 Å². The Labute approximate surface area is 153 Å². The minimum atomic E-state index is -4.56. The molecule has 0 amide bonds. The molecule has 148 valence electrons.